The number of nitro benzene ring substituents is 1. The Bertz CT molecular complexity index is 1110. The minimum atomic E-state index is -0.802. The molecule has 0 saturated carbocycles. The minimum Gasteiger partial charge on any atom is -0.467 e. The Morgan fingerprint density at radius 1 is 1.23 bits per heavy atom. The van der Waals surface area contributed by atoms with E-state index in [0.717, 1.165) is 23.2 Å². The van der Waals surface area contributed by atoms with Crippen LogP contribution in [0.1, 0.15) is 44.8 Å². The number of hydrogen-bond donors (Lipinski definition) is 1. The normalized spacial score (nSPS) is 10.7. The smallest absolute Gasteiger partial charge is 0.338 e. The zero-order valence-corrected chi connectivity index (χ0v) is 17.5. The van der Waals surface area contributed by atoms with Crippen LogP contribution in [0.5, 0.6) is 0 Å². The Morgan fingerprint density at radius 2 is 2.00 bits per heavy atom. The van der Waals surface area contributed by atoms with E-state index in [1.165, 1.54) is 12.1 Å². The summed E-state index contributed by atoms with van der Waals surface area (Å²) in [5.41, 5.74) is 2.14. The SMILES string of the molecule is CCNc1ccc(C(=O)OCC(=O)c2cc(C)n(Cc3ccco3)c2C)cc1[N+](=O)[O-]. The zero-order valence-electron chi connectivity index (χ0n) is 17.5. The minimum absolute atomic E-state index is 0.00412. The van der Waals surface area contributed by atoms with E-state index in [2.05, 4.69) is 5.32 Å². The number of aryl methyl sites for hydroxylation is 1. The summed E-state index contributed by atoms with van der Waals surface area (Å²) < 4.78 is 12.4. The quantitative estimate of drug-likeness (QED) is 0.237. The van der Waals surface area contributed by atoms with E-state index in [0.29, 0.717) is 24.3 Å². The summed E-state index contributed by atoms with van der Waals surface area (Å²) in [6, 6.07) is 9.40. The standard InChI is InChI=1S/C22H23N3O6/c1-4-23-19-8-7-16(11-20(19)25(28)29)22(27)31-13-21(26)18-10-14(2)24(15(18)3)12-17-6-5-9-30-17/h5-11,23H,4,12-13H2,1-3H3. The molecule has 162 valence electrons. The van der Waals surface area contributed by atoms with Crippen molar-refractivity contribution in [3.05, 3.63) is 81.1 Å². The topological polar surface area (TPSA) is 117 Å². The molecule has 0 aliphatic rings. The van der Waals surface area contributed by atoms with Crippen LogP contribution in [0.3, 0.4) is 0 Å². The largest absolute Gasteiger partial charge is 0.467 e. The van der Waals surface area contributed by atoms with Gasteiger partial charge < -0.3 is 19.0 Å². The molecule has 0 aliphatic carbocycles. The van der Waals surface area contributed by atoms with Crippen molar-refractivity contribution in [3.63, 3.8) is 0 Å². The van der Waals surface area contributed by atoms with E-state index in [9.17, 15) is 19.7 Å². The summed E-state index contributed by atoms with van der Waals surface area (Å²) in [5, 5.41) is 14.1. The Kier molecular flexibility index (Phi) is 6.54. The number of rotatable bonds is 9. The average molecular weight is 425 g/mol. The van der Waals surface area contributed by atoms with Gasteiger partial charge in [-0.25, -0.2) is 4.79 Å². The predicted molar refractivity (Wildman–Crippen MR) is 114 cm³/mol. The van der Waals surface area contributed by atoms with Crippen LogP contribution in [-0.2, 0) is 11.3 Å². The first-order chi connectivity index (χ1) is 14.8. The third-order valence-corrected chi connectivity index (χ3v) is 4.90. The number of hydrogen-bond acceptors (Lipinski definition) is 7. The molecule has 1 aromatic carbocycles. The molecule has 1 N–H and O–H groups in total. The monoisotopic (exact) mass is 425 g/mol. The first kappa shape index (κ1) is 21.8. The van der Waals surface area contributed by atoms with Crippen molar-refractivity contribution < 1.29 is 23.7 Å². The Morgan fingerprint density at radius 3 is 2.65 bits per heavy atom. The molecular formula is C22H23N3O6. The van der Waals surface area contributed by atoms with Gasteiger partial charge in [-0.1, -0.05) is 0 Å². The summed E-state index contributed by atoms with van der Waals surface area (Å²) in [5.74, 6) is -0.398. The fourth-order valence-electron chi connectivity index (χ4n) is 3.33. The molecular weight excluding hydrogens is 402 g/mol. The first-order valence-electron chi connectivity index (χ1n) is 9.73. The van der Waals surface area contributed by atoms with E-state index in [-0.39, 0.29) is 17.0 Å². The van der Waals surface area contributed by atoms with Gasteiger partial charge in [-0.05, 0) is 51.1 Å². The van der Waals surface area contributed by atoms with Gasteiger partial charge in [-0.3, -0.25) is 14.9 Å². The van der Waals surface area contributed by atoms with Gasteiger partial charge in [0.1, 0.15) is 11.4 Å². The van der Waals surface area contributed by atoms with Gasteiger partial charge in [0.15, 0.2) is 6.61 Å². The molecule has 0 fully saturated rings. The van der Waals surface area contributed by atoms with E-state index in [4.69, 9.17) is 9.15 Å². The highest BCUT2D eigenvalue weighted by Gasteiger charge is 2.21. The summed E-state index contributed by atoms with van der Waals surface area (Å²) >= 11 is 0. The molecule has 0 bridgehead atoms. The molecule has 3 aromatic rings. The number of carbonyl (C=O) groups excluding carboxylic acids is 2. The summed E-state index contributed by atoms with van der Waals surface area (Å²) in [6.07, 6.45) is 1.59. The van der Waals surface area contributed by atoms with Crippen molar-refractivity contribution in [1.82, 2.24) is 4.57 Å². The number of furan rings is 1. The lowest BCUT2D eigenvalue weighted by atomic mass is 10.1. The number of nitro groups is 1. The van der Waals surface area contributed by atoms with Gasteiger partial charge in [0, 0.05) is 29.6 Å². The number of nitrogens with one attached hydrogen (secondary N) is 1. The first-order valence-corrected chi connectivity index (χ1v) is 9.73. The molecule has 2 heterocycles. The Labute approximate surface area is 178 Å². The second-order valence-corrected chi connectivity index (χ2v) is 6.97. The van der Waals surface area contributed by atoms with Gasteiger partial charge in [-0.2, -0.15) is 0 Å². The number of Topliss-reactive ketones (excluding diaryl/α,β-unsaturated/α-hetero) is 1. The van der Waals surface area contributed by atoms with E-state index in [1.807, 2.05) is 31.4 Å². The van der Waals surface area contributed by atoms with Gasteiger partial charge in [0.25, 0.3) is 5.69 Å². The molecule has 0 unspecified atom stereocenters. The lowest BCUT2D eigenvalue weighted by Gasteiger charge is -2.09. The van der Waals surface area contributed by atoms with Crippen molar-refractivity contribution in [3.8, 4) is 0 Å². The summed E-state index contributed by atoms with van der Waals surface area (Å²) in [4.78, 5) is 35.7. The van der Waals surface area contributed by atoms with Crippen LogP contribution in [-0.4, -0.2) is 34.4 Å². The highest BCUT2D eigenvalue weighted by Crippen LogP contribution is 2.26. The third kappa shape index (κ3) is 4.82. The second-order valence-electron chi connectivity index (χ2n) is 6.97. The lowest BCUT2D eigenvalue weighted by molar-refractivity contribution is -0.384. The molecule has 3 rings (SSSR count). The molecule has 0 atom stereocenters. The maximum atomic E-state index is 12.7. The van der Waals surface area contributed by atoms with E-state index >= 15 is 0 Å². The maximum absolute atomic E-state index is 12.7. The Hall–Kier alpha value is -3.88. The zero-order chi connectivity index (χ0) is 22.5. The number of anilines is 1. The van der Waals surface area contributed by atoms with Crippen molar-refractivity contribution in [2.75, 3.05) is 18.5 Å². The molecule has 9 heteroatoms. The molecule has 31 heavy (non-hydrogen) atoms. The van der Waals surface area contributed by atoms with Crippen LogP contribution < -0.4 is 5.32 Å². The number of ether oxygens (including phenoxy) is 1. The van der Waals surface area contributed by atoms with Crippen LogP contribution in [0.25, 0.3) is 0 Å². The highest BCUT2D eigenvalue weighted by atomic mass is 16.6. The molecule has 0 amide bonds. The molecule has 0 radical (unpaired) electrons. The number of esters is 1. The fraction of sp³-hybridized carbons (Fsp3) is 0.273. The predicted octanol–water partition coefficient (Wildman–Crippen LogP) is 4.13. The molecule has 2 aromatic heterocycles. The molecule has 0 aliphatic heterocycles. The highest BCUT2D eigenvalue weighted by molar-refractivity contribution is 6.00. The number of aromatic nitrogens is 1. The van der Waals surface area contributed by atoms with Crippen molar-refractivity contribution >= 4 is 23.1 Å². The fourth-order valence-corrected chi connectivity index (χ4v) is 3.33. The van der Waals surface area contributed by atoms with E-state index in [1.54, 1.807) is 18.4 Å². The van der Waals surface area contributed by atoms with Crippen molar-refractivity contribution in [2.45, 2.75) is 27.3 Å². The van der Waals surface area contributed by atoms with Crippen LogP contribution in [0.15, 0.2) is 47.1 Å². The van der Waals surface area contributed by atoms with Gasteiger partial charge in [-0.15, -0.1) is 0 Å². The van der Waals surface area contributed by atoms with Crippen molar-refractivity contribution in [2.24, 2.45) is 0 Å². The van der Waals surface area contributed by atoms with Gasteiger partial charge >= 0.3 is 5.97 Å². The number of carbonyl (C=O) groups is 2. The third-order valence-electron chi connectivity index (χ3n) is 4.90. The summed E-state index contributed by atoms with van der Waals surface area (Å²) in [7, 11) is 0. The number of nitrogens with zero attached hydrogens (tertiary/aromatic N) is 2. The maximum Gasteiger partial charge on any atom is 0.338 e. The van der Waals surface area contributed by atoms with Crippen LogP contribution in [0, 0.1) is 24.0 Å². The Balaban J connectivity index is 1.70. The van der Waals surface area contributed by atoms with Crippen LogP contribution in [0.2, 0.25) is 0 Å². The van der Waals surface area contributed by atoms with Gasteiger partial charge in [0.2, 0.25) is 5.78 Å². The number of ketones is 1. The number of benzene rings is 1. The lowest BCUT2D eigenvalue weighted by Crippen LogP contribution is -2.15. The molecule has 0 saturated heterocycles. The molecule has 0 spiro atoms. The van der Waals surface area contributed by atoms with E-state index < -0.39 is 17.5 Å². The van der Waals surface area contributed by atoms with Crippen LogP contribution in [0.4, 0.5) is 11.4 Å². The van der Waals surface area contributed by atoms with Crippen LogP contribution >= 0.6 is 0 Å². The second kappa shape index (κ2) is 9.29. The summed E-state index contributed by atoms with van der Waals surface area (Å²) in [6.45, 7) is 6.02. The van der Waals surface area contributed by atoms with Crippen molar-refractivity contribution in [1.29, 1.82) is 0 Å². The molecule has 9 nitrogen and oxygen atoms in total. The average Bonchev–Trinajstić information content (AvgIpc) is 3.36. The van der Waals surface area contributed by atoms with Gasteiger partial charge in [0.05, 0.1) is 23.3 Å².